The van der Waals surface area contributed by atoms with Crippen LogP contribution in [0.5, 0.6) is 11.5 Å². The smallest absolute Gasteiger partial charge is 0.130 e. The van der Waals surface area contributed by atoms with Crippen LogP contribution >= 0.6 is 0 Å². The van der Waals surface area contributed by atoms with Gasteiger partial charge in [-0.25, -0.2) is 0 Å². The lowest BCUT2D eigenvalue weighted by Gasteiger charge is -2.04. The van der Waals surface area contributed by atoms with Gasteiger partial charge >= 0.3 is 0 Å². The van der Waals surface area contributed by atoms with Crippen molar-refractivity contribution in [3.63, 3.8) is 0 Å². The molecule has 0 bridgehead atoms. The molecule has 2 rings (SSSR count). The third-order valence-corrected chi connectivity index (χ3v) is 2.02. The molecule has 0 spiro atoms. The topological polar surface area (TPSA) is 31.6 Å². The predicted molar refractivity (Wildman–Crippen MR) is 49.3 cm³/mol. The van der Waals surface area contributed by atoms with Gasteiger partial charge < -0.3 is 13.9 Å². The summed E-state index contributed by atoms with van der Waals surface area (Å²) in [6.45, 7) is 0. The molecule has 0 aliphatic carbocycles. The van der Waals surface area contributed by atoms with E-state index in [0.717, 1.165) is 22.3 Å². The van der Waals surface area contributed by atoms with Crippen molar-refractivity contribution in [2.24, 2.45) is 0 Å². The fraction of sp³-hybridized carbons (Fsp3) is 0.200. The van der Waals surface area contributed by atoms with E-state index >= 15 is 0 Å². The molecule has 0 amide bonds. The molecule has 13 heavy (non-hydrogen) atoms. The Bertz CT molecular complexity index is 379. The first kappa shape index (κ1) is 7.98. The van der Waals surface area contributed by atoms with Gasteiger partial charge in [0, 0.05) is 0 Å². The number of rotatable bonds is 2. The molecule has 0 radical (unpaired) electrons. The fourth-order valence-electron chi connectivity index (χ4n) is 1.37. The zero-order valence-electron chi connectivity index (χ0n) is 7.53. The first-order valence-electron chi connectivity index (χ1n) is 3.93. The van der Waals surface area contributed by atoms with Gasteiger partial charge in [-0.05, 0) is 12.1 Å². The van der Waals surface area contributed by atoms with Crippen molar-refractivity contribution in [3.05, 3.63) is 24.7 Å². The van der Waals surface area contributed by atoms with E-state index in [1.165, 1.54) is 0 Å². The molecule has 0 aliphatic heterocycles. The number of furan rings is 1. The summed E-state index contributed by atoms with van der Waals surface area (Å²) in [7, 11) is 3.27. The van der Waals surface area contributed by atoms with E-state index in [1.807, 2.05) is 12.1 Å². The normalized spacial score (nSPS) is 10.3. The van der Waals surface area contributed by atoms with E-state index in [2.05, 4.69) is 0 Å². The second-order valence-corrected chi connectivity index (χ2v) is 2.67. The Labute approximate surface area is 75.9 Å². The minimum atomic E-state index is 0.796. The van der Waals surface area contributed by atoms with Crippen LogP contribution in [0.15, 0.2) is 29.1 Å². The maximum absolute atomic E-state index is 5.17. The molecule has 1 aromatic carbocycles. The van der Waals surface area contributed by atoms with E-state index < -0.39 is 0 Å². The van der Waals surface area contributed by atoms with Gasteiger partial charge in [0.15, 0.2) is 0 Å². The Morgan fingerprint density at radius 3 is 1.77 bits per heavy atom. The van der Waals surface area contributed by atoms with Gasteiger partial charge in [-0.3, -0.25) is 0 Å². The molecule has 1 heterocycles. The van der Waals surface area contributed by atoms with E-state index in [4.69, 9.17) is 13.9 Å². The lowest BCUT2D eigenvalue weighted by Crippen LogP contribution is -1.86. The van der Waals surface area contributed by atoms with Crippen LogP contribution in [0.1, 0.15) is 0 Å². The molecule has 3 nitrogen and oxygen atoms in total. The third kappa shape index (κ3) is 1.13. The number of hydrogen-bond acceptors (Lipinski definition) is 3. The Morgan fingerprint density at radius 2 is 1.38 bits per heavy atom. The van der Waals surface area contributed by atoms with Gasteiger partial charge in [0.05, 0.1) is 25.0 Å². The highest BCUT2D eigenvalue weighted by atomic mass is 16.5. The average molecular weight is 178 g/mol. The van der Waals surface area contributed by atoms with Gasteiger partial charge in [-0.1, -0.05) is 0 Å². The van der Waals surface area contributed by atoms with Crippen molar-refractivity contribution < 1.29 is 13.9 Å². The number of ether oxygens (including phenoxy) is 2. The molecule has 0 unspecified atom stereocenters. The molecule has 0 aliphatic rings. The van der Waals surface area contributed by atoms with E-state index in [9.17, 15) is 0 Å². The van der Waals surface area contributed by atoms with Crippen LogP contribution in [-0.4, -0.2) is 14.2 Å². The maximum atomic E-state index is 5.17. The zero-order valence-corrected chi connectivity index (χ0v) is 7.53. The molecule has 0 N–H and O–H groups in total. The average Bonchev–Trinajstić information content (AvgIpc) is 2.64. The van der Waals surface area contributed by atoms with Crippen LogP contribution in [0, 0.1) is 0 Å². The first-order chi connectivity index (χ1) is 6.36. The Morgan fingerprint density at radius 1 is 0.923 bits per heavy atom. The monoisotopic (exact) mass is 178 g/mol. The molecule has 0 saturated carbocycles. The summed E-state index contributed by atoms with van der Waals surface area (Å²) in [6, 6.07) is 3.72. The summed E-state index contributed by atoms with van der Waals surface area (Å²) in [6.07, 6.45) is 3.30. The van der Waals surface area contributed by atoms with Crippen molar-refractivity contribution in [1.29, 1.82) is 0 Å². The highest BCUT2D eigenvalue weighted by Gasteiger charge is 2.07. The van der Waals surface area contributed by atoms with Crippen LogP contribution in [0.2, 0.25) is 0 Å². The molecule has 2 aromatic rings. The van der Waals surface area contributed by atoms with Gasteiger partial charge in [0.2, 0.25) is 0 Å². The molecule has 68 valence electrons. The van der Waals surface area contributed by atoms with E-state index in [1.54, 1.807) is 26.7 Å². The van der Waals surface area contributed by atoms with Gasteiger partial charge in [-0.15, -0.1) is 0 Å². The first-order valence-corrected chi connectivity index (χ1v) is 3.93. The van der Waals surface area contributed by atoms with Crippen molar-refractivity contribution in [1.82, 2.24) is 0 Å². The van der Waals surface area contributed by atoms with Crippen LogP contribution in [0.4, 0.5) is 0 Å². The predicted octanol–water partition coefficient (Wildman–Crippen LogP) is 2.45. The summed E-state index contributed by atoms with van der Waals surface area (Å²) >= 11 is 0. The number of fused-ring (bicyclic) bond motifs is 1. The number of benzene rings is 1. The lowest BCUT2D eigenvalue weighted by atomic mass is 10.2. The maximum Gasteiger partial charge on any atom is 0.130 e. The summed E-state index contributed by atoms with van der Waals surface area (Å²) in [4.78, 5) is 0. The Balaban J connectivity index is 2.74. The van der Waals surface area contributed by atoms with Crippen molar-refractivity contribution >= 4 is 10.8 Å². The summed E-state index contributed by atoms with van der Waals surface area (Å²) < 4.78 is 15.4. The van der Waals surface area contributed by atoms with Crippen LogP contribution < -0.4 is 9.47 Å². The SMILES string of the molecule is COc1ccc(OC)c2cocc12. The molecule has 0 fully saturated rings. The van der Waals surface area contributed by atoms with Gasteiger partial charge in [-0.2, -0.15) is 0 Å². The number of hydrogen-bond donors (Lipinski definition) is 0. The second kappa shape index (κ2) is 3.01. The van der Waals surface area contributed by atoms with Crippen LogP contribution in [-0.2, 0) is 0 Å². The molecular weight excluding hydrogens is 168 g/mol. The lowest BCUT2D eigenvalue weighted by molar-refractivity contribution is 0.410. The Kier molecular flexibility index (Phi) is 1.85. The molecule has 0 saturated heterocycles. The van der Waals surface area contributed by atoms with Crippen molar-refractivity contribution in [2.45, 2.75) is 0 Å². The summed E-state index contributed by atoms with van der Waals surface area (Å²) in [5.41, 5.74) is 0. The molecule has 3 heteroatoms. The van der Waals surface area contributed by atoms with Crippen molar-refractivity contribution in [2.75, 3.05) is 14.2 Å². The van der Waals surface area contributed by atoms with Crippen LogP contribution in [0.3, 0.4) is 0 Å². The van der Waals surface area contributed by atoms with Gasteiger partial charge in [0.1, 0.15) is 24.0 Å². The number of methoxy groups -OCH3 is 2. The standard InChI is InChI=1S/C10H10O3/c1-11-9-3-4-10(12-2)8-6-13-5-7(8)9/h3-6H,1-2H3. The van der Waals surface area contributed by atoms with E-state index in [0.29, 0.717) is 0 Å². The quantitative estimate of drug-likeness (QED) is 0.707. The molecule has 1 aromatic heterocycles. The highest BCUT2D eigenvalue weighted by molar-refractivity contribution is 5.92. The minimum Gasteiger partial charge on any atom is -0.496 e. The minimum absolute atomic E-state index is 0.796. The summed E-state index contributed by atoms with van der Waals surface area (Å²) in [5, 5.41) is 1.86. The van der Waals surface area contributed by atoms with Gasteiger partial charge in [0.25, 0.3) is 0 Å². The largest absolute Gasteiger partial charge is 0.496 e. The highest BCUT2D eigenvalue weighted by Crippen LogP contribution is 2.33. The fourth-order valence-corrected chi connectivity index (χ4v) is 1.37. The van der Waals surface area contributed by atoms with Crippen molar-refractivity contribution in [3.8, 4) is 11.5 Å². The van der Waals surface area contributed by atoms with E-state index in [-0.39, 0.29) is 0 Å². The summed E-state index contributed by atoms with van der Waals surface area (Å²) in [5.74, 6) is 1.59. The Hall–Kier alpha value is -1.64. The molecular formula is C10H10O3. The molecule has 0 atom stereocenters. The zero-order chi connectivity index (χ0) is 9.26. The van der Waals surface area contributed by atoms with Crippen LogP contribution in [0.25, 0.3) is 10.8 Å². The second-order valence-electron chi connectivity index (χ2n) is 2.67. The third-order valence-electron chi connectivity index (χ3n) is 2.02.